The van der Waals surface area contributed by atoms with Crippen LogP contribution in [0.3, 0.4) is 0 Å². The summed E-state index contributed by atoms with van der Waals surface area (Å²) in [4.78, 5) is 14.7. The third kappa shape index (κ3) is 3.86. The van der Waals surface area contributed by atoms with Gasteiger partial charge in [-0.15, -0.1) is 0 Å². The molecule has 2 aliphatic rings. The summed E-state index contributed by atoms with van der Waals surface area (Å²) in [6.07, 6.45) is 6.97. The third-order valence-corrected chi connectivity index (χ3v) is 5.37. The van der Waals surface area contributed by atoms with E-state index in [4.69, 9.17) is 0 Å². The van der Waals surface area contributed by atoms with Crippen LogP contribution in [0.4, 0.5) is 4.79 Å². The lowest BCUT2D eigenvalue weighted by atomic mass is 9.98. The molecule has 0 aromatic heterocycles. The molecule has 1 aromatic rings. The van der Waals surface area contributed by atoms with Crippen LogP contribution in [-0.2, 0) is 6.42 Å². The van der Waals surface area contributed by atoms with Crippen molar-refractivity contribution in [2.24, 2.45) is 0 Å². The fourth-order valence-electron chi connectivity index (χ4n) is 3.69. The Morgan fingerprint density at radius 1 is 1.35 bits per heavy atom. The molecule has 0 unspecified atom stereocenters. The molecular weight excluding hydrogens is 288 g/mol. The van der Waals surface area contributed by atoms with E-state index in [0.717, 1.165) is 45.1 Å². The summed E-state index contributed by atoms with van der Waals surface area (Å²) in [5, 5.41) is 12.5. The van der Waals surface area contributed by atoms with Crippen LogP contribution in [0, 0.1) is 6.92 Å². The number of urea groups is 1. The topological polar surface area (TPSA) is 52.6 Å². The number of rotatable bonds is 5. The zero-order valence-corrected chi connectivity index (χ0v) is 14.1. The molecule has 23 heavy (non-hydrogen) atoms. The number of hydrogen-bond donors (Lipinski definition) is 2. The minimum Gasteiger partial charge on any atom is -0.396 e. The molecule has 3 rings (SSSR count). The molecule has 0 bridgehead atoms. The van der Waals surface area contributed by atoms with Gasteiger partial charge in [-0.2, -0.15) is 0 Å². The summed E-state index contributed by atoms with van der Waals surface area (Å²) < 4.78 is 0. The fraction of sp³-hybridized carbons (Fsp3) is 0.632. The predicted molar refractivity (Wildman–Crippen MR) is 91.4 cm³/mol. The number of piperidine rings is 1. The van der Waals surface area contributed by atoms with Gasteiger partial charge in [0, 0.05) is 24.7 Å². The number of carbonyl (C=O) groups excluding carboxylic acids is 1. The number of nitrogens with zero attached hydrogens (tertiary/aromatic N) is 1. The number of amides is 2. The molecule has 1 aliphatic heterocycles. The second-order valence-corrected chi connectivity index (χ2v) is 7.17. The Hall–Kier alpha value is -1.55. The molecule has 2 N–H and O–H groups in total. The van der Waals surface area contributed by atoms with Crippen LogP contribution < -0.4 is 5.32 Å². The van der Waals surface area contributed by atoms with Crippen molar-refractivity contribution in [3.05, 3.63) is 35.4 Å². The Morgan fingerprint density at radius 2 is 2.13 bits per heavy atom. The number of likely N-dealkylation sites (tertiary alicyclic amines) is 1. The maximum atomic E-state index is 12.7. The van der Waals surface area contributed by atoms with Gasteiger partial charge in [-0.3, -0.25) is 0 Å². The molecule has 2 amide bonds. The van der Waals surface area contributed by atoms with Gasteiger partial charge in [-0.05, 0) is 63.0 Å². The summed E-state index contributed by atoms with van der Waals surface area (Å²) in [6, 6.07) is 8.69. The van der Waals surface area contributed by atoms with Gasteiger partial charge < -0.3 is 15.3 Å². The van der Waals surface area contributed by atoms with E-state index in [-0.39, 0.29) is 24.2 Å². The standard InChI is InChI=1S/C19H28N2O2/c1-15-6-2-3-7-16(15)14-19(10-11-19)20-18(23)21-12-5-4-8-17(21)9-13-22/h2-3,6-7,17,22H,4-5,8-14H2,1H3,(H,20,23)/t17-/m1/s1. The highest BCUT2D eigenvalue weighted by atomic mass is 16.3. The second kappa shape index (κ2) is 6.91. The van der Waals surface area contributed by atoms with Crippen LogP contribution in [0.2, 0.25) is 0 Å². The number of aryl methyl sites for hydroxylation is 1. The SMILES string of the molecule is Cc1ccccc1CC1(NC(=O)N2CCCC[C@@H]2CCO)CC1. The van der Waals surface area contributed by atoms with Gasteiger partial charge >= 0.3 is 6.03 Å². The smallest absolute Gasteiger partial charge is 0.318 e. The van der Waals surface area contributed by atoms with Gasteiger partial charge in [-0.1, -0.05) is 24.3 Å². The van der Waals surface area contributed by atoms with Crippen molar-refractivity contribution in [3.8, 4) is 0 Å². The molecule has 4 nitrogen and oxygen atoms in total. The monoisotopic (exact) mass is 316 g/mol. The van der Waals surface area contributed by atoms with Crippen molar-refractivity contribution in [1.82, 2.24) is 10.2 Å². The largest absolute Gasteiger partial charge is 0.396 e. The lowest BCUT2D eigenvalue weighted by Gasteiger charge is -2.36. The van der Waals surface area contributed by atoms with Crippen molar-refractivity contribution >= 4 is 6.03 Å². The van der Waals surface area contributed by atoms with E-state index in [0.29, 0.717) is 6.42 Å². The van der Waals surface area contributed by atoms with Crippen molar-refractivity contribution in [3.63, 3.8) is 0 Å². The van der Waals surface area contributed by atoms with E-state index in [9.17, 15) is 9.90 Å². The van der Waals surface area contributed by atoms with Gasteiger partial charge in [0.15, 0.2) is 0 Å². The quantitative estimate of drug-likeness (QED) is 0.877. The van der Waals surface area contributed by atoms with Crippen LogP contribution >= 0.6 is 0 Å². The van der Waals surface area contributed by atoms with Gasteiger partial charge in [-0.25, -0.2) is 4.79 Å². The molecule has 1 saturated carbocycles. The summed E-state index contributed by atoms with van der Waals surface area (Å²) in [5.41, 5.74) is 2.57. The number of carbonyl (C=O) groups is 1. The Bertz CT molecular complexity index is 552. The fourth-order valence-corrected chi connectivity index (χ4v) is 3.69. The van der Waals surface area contributed by atoms with Crippen LogP contribution in [0.25, 0.3) is 0 Å². The molecule has 0 spiro atoms. The van der Waals surface area contributed by atoms with Crippen LogP contribution in [0.5, 0.6) is 0 Å². The summed E-state index contributed by atoms with van der Waals surface area (Å²) >= 11 is 0. The van der Waals surface area contributed by atoms with Crippen LogP contribution in [0.1, 0.15) is 49.7 Å². The van der Waals surface area contributed by atoms with Crippen LogP contribution in [0.15, 0.2) is 24.3 Å². The Balaban J connectivity index is 1.63. The lowest BCUT2D eigenvalue weighted by molar-refractivity contribution is 0.128. The summed E-state index contributed by atoms with van der Waals surface area (Å²) in [5.74, 6) is 0. The summed E-state index contributed by atoms with van der Waals surface area (Å²) in [7, 11) is 0. The zero-order chi connectivity index (χ0) is 16.3. The molecule has 1 aromatic carbocycles. The highest BCUT2D eigenvalue weighted by Crippen LogP contribution is 2.39. The second-order valence-electron chi connectivity index (χ2n) is 7.17. The molecule has 1 aliphatic carbocycles. The molecule has 4 heteroatoms. The highest BCUT2D eigenvalue weighted by molar-refractivity contribution is 5.76. The Morgan fingerprint density at radius 3 is 2.83 bits per heavy atom. The molecule has 1 heterocycles. The number of aliphatic hydroxyl groups is 1. The lowest BCUT2D eigenvalue weighted by Crippen LogP contribution is -2.52. The predicted octanol–water partition coefficient (Wildman–Crippen LogP) is 3.02. The number of aliphatic hydroxyl groups excluding tert-OH is 1. The maximum absolute atomic E-state index is 12.7. The van der Waals surface area contributed by atoms with Crippen molar-refractivity contribution < 1.29 is 9.90 Å². The first-order valence-corrected chi connectivity index (χ1v) is 8.88. The molecule has 2 fully saturated rings. The number of nitrogens with one attached hydrogen (secondary N) is 1. The first kappa shape index (κ1) is 16.3. The van der Waals surface area contributed by atoms with Gasteiger partial charge in [0.05, 0.1) is 0 Å². The maximum Gasteiger partial charge on any atom is 0.318 e. The Labute approximate surface area is 138 Å². The number of hydrogen-bond acceptors (Lipinski definition) is 2. The van der Waals surface area contributed by atoms with E-state index in [2.05, 4.69) is 36.5 Å². The first-order valence-electron chi connectivity index (χ1n) is 8.88. The van der Waals surface area contributed by atoms with E-state index in [1.54, 1.807) is 0 Å². The molecule has 126 valence electrons. The number of benzene rings is 1. The minimum atomic E-state index is -0.0512. The summed E-state index contributed by atoms with van der Waals surface area (Å²) in [6.45, 7) is 3.11. The van der Waals surface area contributed by atoms with E-state index >= 15 is 0 Å². The van der Waals surface area contributed by atoms with Gasteiger partial charge in [0.25, 0.3) is 0 Å². The third-order valence-electron chi connectivity index (χ3n) is 5.37. The highest BCUT2D eigenvalue weighted by Gasteiger charge is 2.45. The van der Waals surface area contributed by atoms with Gasteiger partial charge in [0.2, 0.25) is 0 Å². The van der Waals surface area contributed by atoms with E-state index in [1.165, 1.54) is 11.1 Å². The van der Waals surface area contributed by atoms with Crippen molar-refractivity contribution in [2.45, 2.75) is 63.5 Å². The molecule has 0 radical (unpaired) electrons. The van der Waals surface area contributed by atoms with E-state index < -0.39 is 0 Å². The average Bonchev–Trinajstić information content (AvgIpc) is 3.30. The molecule has 1 saturated heterocycles. The average molecular weight is 316 g/mol. The minimum absolute atomic E-state index is 0.0512. The first-order chi connectivity index (χ1) is 11.1. The van der Waals surface area contributed by atoms with Crippen molar-refractivity contribution in [2.75, 3.05) is 13.2 Å². The van der Waals surface area contributed by atoms with Crippen LogP contribution in [-0.4, -0.2) is 40.8 Å². The molecule has 1 atom stereocenters. The normalized spacial score (nSPS) is 22.7. The van der Waals surface area contributed by atoms with Crippen molar-refractivity contribution in [1.29, 1.82) is 0 Å². The van der Waals surface area contributed by atoms with E-state index in [1.807, 2.05) is 4.90 Å². The zero-order valence-electron chi connectivity index (χ0n) is 14.1. The molecular formula is C19H28N2O2. The Kier molecular flexibility index (Phi) is 4.90. The van der Waals surface area contributed by atoms with Gasteiger partial charge in [0.1, 0.15) is 0 Å².